The van der Waals surface area contributed by atoms with Crippen LogP contribution in [0.4, 0.5) is 0 Å². The van der Waals surface area contributed by atoms with Crippen molar-refractivity contribution >= 4 is 11.6 Å². The van der Waals surface area contributed by atoms with Crippen molar-refractivity contribution in [3.05, 3.63) is 0 Å². The maximum absolute atomic E-state index is 5.70. The molecule has 0 spiro atoms. The first kappa shape index (κ1) is 13.3. The normalized spacial score (nSPS) is 23.6. The minimum Gasteiger partial charge on any atom is -0.317 e. The van der Waals surface area contributed by atoms with Crippen molar-refractivity contribution < 1.29 is 0 Å². The van der Waals surface area contributed by atoms with Crippen LogP contribution < -0.4 is 5.32 Å². The maximum Gasteiger partial charge on any atom is 0.0261 e. The van der Waals surface area contributed by atoms with E-state index in [0.29, 0.717) is 5.92 Å². The molecule has 0 bridgehead atoms. The molecule has 2 fully saturated rings. The summed E-state index contributed by atoms with van der Waals surface area (Å²) in [4.78, 5) is 2.51. The van der Waals surface area contributed by atoms with Crippen LogP contribution in [0.3, 0.4) is 0 Å². The molecule has 0 aromatic carbocycles. The van der Waals surface area contributed by atoms with E-state index in [1.165, 1.54) is 58.4 Å². The fraction of sp³-hybridized carbons (Fsp3) is 1.00. The molecule has 0 aromatic heterocycles. The Labute approximate surface area is 99.4 Å². The van der Waals surface area contributed by atoms with Gasteiger partial charge in [-0.15, -0.1) is 11.6 Å². The second-order valence-electron chi connectivity index (χ2n) is 4.72. The van der Waals surface area contributed by atoms with Crippen molar-refractivity contribution in [2.45, 2.75) is 32.6 Å². The Kier molecular flexibility index (Phi) is 7.41. The van der Waals surface area contributed by atoms with Crippen LogP contribution in [0.1, 0.15) is 32.6 Å². The molecule has 2 nitrogen and oxygen atoms in total. The van der Waals surface area contributed by atoms with Gasteiger partial charge in [0.15, 0.2) is 0 Å². The molecule has 3 heteroatoms. The molecule has 2 saturated heterocycles. The number of alkyl halides is 1. The van der Waals surface area contributed by atoms with E-state index in [-0.39, 0.29) is 0 Å². The monoisotopic (exact) mass is 232 g/mol. The third-order valence-electron chi connectivity index (χ3n) is 2.99. The average Bonchev–Trinajstić information content (AvgIpc) is 2.92. The summed E-state index contributed by atoms with van der Waals surface area (Å²) in [5, 5.41) is 3.22. The second-order valence-corrected chi connectivity index (χ2v) is 5.03. The zero-order valence-corrected chi connectivity index (χ0v) is 10.7. The number of hydrogen-bond acceptors (Lipinski definition) is 2. The lowest BCUT2D eigenvalue weighted by molar-refractivity contribution is 0.300. The molecule has 0 amide bonds. The molecule has 0 saturated carbocycles. The summed E-state index contributed by atoms with van der Waals surface area (Å²) in [6.07, 6.45) is 5.55. The Bertz CT molecular complexity index is 135. The van der Waals surface area contributed by atoms with Crippen molar-refractivity contribution in [1.82, 2.24) is 10.2 Å². The minimum atomic E-state index is 0.666. The van der Waals surface area contributed by atoms with E-state index in [1.807, 2.05) is 0 Å². The average molecular weight is 233 g/mol. The quantitative estimate of drug-likeness (QED) is 0.752. The highest BCUT2D eigenvalue weighted by Gasteiger charge is 2.13. The van der Waals surface area contributed by atoms with Crippen LogP contribution in [-0.4, -0.2) is 43.5 Å². The third-order valence-corrected chi connectivity index (χ3v) is 3.52. The van der Waals surface area contributed by atoms with Gasteiger partial charge in [0, 0.05) is 12.4 Å². The molecular formula is C12H25ClN2. The summed E-state index contributed by atoms with van der Waals surface area (Å²) in [5.74, 6) is 1.47. The lowest BCUT2D eigenvalue weighted by Gasteiger charge is -2.17. The Balaban J connectivity index is 0.000000187. The van der Waals surface area contributed by atoms with E-state index < -0.39 is 0 Å². The summed E-state index contributed by atoms with van der Waals surface area (Å²) in [6.45, 7) is 8.50. The molecular weight excluding hydrogens is 208 g/mol. The molecule has 1 atom stereocenters. The van der Waals surface area contributed by atoms with E-state index in [0.717, 1.165) is 5.88 Å². The van der Waals surface area contributed by atoms with Crippen LogP contribution in [0.25, 0.3) is 0 Å². The highest BCUT2D eigenvalue weighted by molar-refractivity contribution is 6.18. The number of hydrogen-bond donors (Lipinski definition) is 1. The Hall–Kier alpha value is 0.210. The van der Waals surface area contributed by atoms with Gasteiger partial charge in [-0.05, 0) is 57.8 Å². The third kappa shape index (κ3) is 6.39. The summed E-state index contributed by atoms with van der Waals surface area (Å²) in [6, 6.07) is 0. The molecule has 1 N–H and O–H groups in total. The van der Waals surface area contributed by atoms with Crippen molar-refractivity contribution in [2.24, 2.45) is 5.92 Å². The molecule has 2 rings (SSSR count). The predicted molar refractivity (Wildman–Crippen MR) is 67.7 cm³/mol. The molecule has 15 heavy (non-hydrogen) atoms. The van der Waals surface area contributed by atoms with Crippen LogP contribution in [0.15, 0.2) is 0 Å². The van der Waals surface area contributed by atoms with E-state index in [9.17, 15) is 0 Å². The zero-order chi connectivity index (χ0) is 10.9. The SMILES string of the molecule is C1CCNC1.CC(CCl)CN1CCCC1. The van der Waals surface area contributed by atoms with Crippen molar-refractivity contribution in [2.75, 3.05) is 38.6 Å². The number of nitrogens with one attached hydrogen (secondary N) is 1. The van der Waals surface area contributed by atoms with E-state index in [1.54, 1.807) is 0 Å². The maximum atomic E-state index is 5.70. The van der Waals surface area contributed by atoms with E-state index >= 15 is 0 Å². The first-order chi connectivity index (χ1) is 7.33. The van der Waals surface area contributed by atoms with Gasteiger partial charge >= 0.3 is 0 Å². The van der Waals surface area contributed by atoms with Crippen molar-refractivity contribution in [3.8, 4) is 0 Å². The zero-order valence-electron chi connectivity index (χ0n) is 9.97. The lowest BCUT2D eigenvalue weighted by Crippen LogP contribution is -2.25. The standard InChI is InChI=1S/C8H16ClN.C4H9N/c1-8(6-9)7-10-4-2-3-5-10;1-2-4-5-3-1/h8H,2-7H2,1H3;5H,1-4H2. The Morgan fingerprint density at radius 1 is 1.13 bits per heavy atom. The van der Waals surface area contributed by atoms with Gasteiger partial charge in [-0.2, -0.15) is 0 Å². The fourth-order valence-corrected chi connectivity index (χ4v) is 2.18. The molecule has 2 aliphatic rings. The lowest BCUT2D eigenvalue weighted by atomic mass is 10.2. The van der Waals surface area contributed by atoms with Crippen LogP contribution in [0.2, 0.25) is 0 Å². The number of nitrogens with zero attached hydrogens (tertiary/aromatic N) is 1. The molecule has 0 aromatic rings. The first-order valence-electron chi connectivity index (χ1n) is 6.32. The van der Waals surface area contributed by atoms with Crippen molar-refractivity contribution in [3.63, 3.8) is 0 Å². The minimum absolute atomic E-state index is 0.666. The molecule has 0 aliphatic carbocycles. The molecule has 90 valence electrons. The van der Waals surface area contributed by atoms with Gasteiger partial charge < -0.3 is 10.2 Å². The summed E-state index contributed by atoms with van der Waals surface area (Å²) < 4.78 is 0. The Morgan fingerprint density at radius 2 is 1.73 bits per heavy atom. The van der Waals surface area contributed by atoms with Gasteiger partial charge in [0.25, 0.3) is 0 Å². The predicted octanol–water partition coefficient (Wildman–Crippen LogP) is 2.33. The van der Waals surface area contributed by atoms with Crippen LogP contribution in [0.5, 0.6) is 0 Å². The largest absolute Gasteiger partial charge is 0.317 e. The molecule has 2 heterocycles. The highest BCUT2D eigenvalue weighted by Crippen LogP contribution is 2.10. The molecule has 1 unspecified atom stereocenters. The summed E-state index contributed by atoms with van der Waals surface area (Å²) >= 11 is 5.70. The van der Waals surface area contributed by atoms with Gasteiger partial charge in [-0.25, -0.2) is 0 Å². The van der Waals surface area contributed by atoms with Gasteiger partial charge in [0.1, 0.15) is 0 Å². The molecule has 2 aliphatic heterocycles. The number of rotatable bonds is 3. The number of halogens is 1. The van der Waals surface area contributed by atoms with Crippen LogP contribution in [-0.2, 0) is 0 Å². The van der Waals surface area contributed by atoms with Gasteiger partial charge in [-0.3, -0.25) is 0 Å². The summed E-state index contributed by atoms with van der Waals surface area (Å²) in [5.41, 5.74) is 0. The van der Waals surface area contributed by atoms with E-state index in [2.05, 4.69) is 17.1 Å². The van der Waals surface area contributed by atoms with Gasteiger partial charge in [0.05, 0.1) is 0 Å². The molecule has 0 radical (unpaired) electrons. The second kappa shape index (κ2) is 8.37. The van der Waals surface area contributed by atoms with Crippen molar-refractivity contribution in [1.29, 1.82) is 0 Å². The summed E-state index contributed by atoms with van der Waals surface area (Å²) in [7, 11) is 0. The Morgan fingerprint density at radius 3 is 2.13 bits per heavy atom. The number of likely N-dealkylation sites (tertiary alicyclic amines) is 1. The highest BCUT2D eigenvalue weighted by atomic mass is 35.5. The van der Waals surface area contributed by atoms with Crippen LogP contribution >= 0.6 is 11.6 Å². The van der Waals surface area contributed by atoms with Gasteiger partial charge in [-0.1, -0.05) is 6.92 Å². The van der Waals surface area contributed by atoms with E-state index in [4.69, 9.17) is 11.6 Å². The fourth-order valence-electron chi connectivity index (χ4n) is 2.08. The van der Waals surface area contributed by atoms with Crippen LogP contribution in [0, 0.1) is 5.92 Å². The topological polar surface area (TPSA) is 15.3 Å². The smallest absolute Gasteiger partial charge is 0.0261 e. The first-order valence-corrected chi connectivity index (χ1v) is 6.85. The van der Waals surface area contributed by atoms with Gasteiger partial charge in [0.2, 0.25) is 0 Å².